The Morgan fingerprint density at radius 3 is 2.62 bits per heavy atom. The van der Waals surface area contributed by atoms with Gasteiger partial charge >= 0.3 is 0 Å². The summed E-state index contributed by atoms with van der Waals surface area (Å²) in [6.07, 6.45) is 3.83. The molecule has 0 N–H and O–H groups in total. The number of Topliss-reactive ketones (excluding diaryl/α,β-unsaturated/α-hetero) is 1. The molecule has 0 bridgehead atoms. The van der Waals surface area contributed by atoms with E-state index in [2.05, 4.69) is 6.92 Å². The highest BCUT2D eigenvalue weighted by Gasteiger charge is 2.50. The Morgan fingerprint density at radius 1 is 1.31 bits per heavy atom. The summed E-state index contributed by atoms with van der Waals surface area (Å²) in [6, 6.07) is 0. The van der Waals surface area contributed by atoms with E-state index in [9.17, 15) is 4.79 Å². The quantitative estimate of drug-likeness (QED) is 0.599. The fourth-order valence-electron chi connectivity index (χ4n) is 1.94. The van der Waals surface area contributed by atoms with Crippen molar-refractivity contribution in [2.75, 3.05) is 19.8 Å². The molecule has 3 nitrogen and oxygen atoms in total. The Labute approximate surface area is 98.5 Å². The smallest absolute Gasteiger partial charge is 0.143 e. The molecule has 0 aliphatic heterocycles. The average molecular weight is 228 g/mol. The van der Waals surface area contributed by atoms with Gasteiger partial charge in [0.25, 0.3) is 0 Å². The summed E-state index contributed by atoms with van der Waals surface area (Å²) in [4.78, 5) is 11.5. The summed E-state index contributed by atoms with van der Waals surface area (Å²) in [5, 5.41) is 0. The van der Waals surface area contributed by atoms with Crippen LogP contribution in [0.3, 0.4) is 0 Å². The first kappa shape index (κ1) is 13.7. The van der Waals surface area contributed by atoms with Crippen LogP contribution in [0.5, 0.6) is 0 Å². The standard InChI is InChI=1S/C13H24O3/c1-4-6-7-15-8-9-16-12-10-11(14)13(12,3)5-2/h12H,4-10H2,1-3H3. The molecule has 0 amide bonds. The number of hydrogen-bond donors (Lipinski definition) is 0. The van der Waals surface area contributed by atoms with Gasteiger partial charge in [0, 0.05) is 13.0 Å². The molecule has 94 valence electrons. The normalized spacial score (nSPS) is 29.2. The number of rotatable bonds is 8. The van der Waals surface area contributed by atoms with Gasteiger partial charge in [0.2, 0.25) is 0 Å². The summed E-state index contributed by atoms with van der Waals surface area (Å²) in [7, 11) is 0. The number of carbonyl (C=O) groups is 1. The van der Waals surface area contributed by atoms with Crippen LogP contribution in [0.4, 0.5) is 0 Å². The van der Waals surface area contributed by atoms with Crippen molar-refractivity contribution in [1.29, 1.82) is 0 Å². The van der Waals surface area contributed by atoms with Crippen LogP contribution in [-0.4, -0.2) is 31.7 Å². The number of hydrogen-bond acceptors (Lipinski definition) is 3. The molecule has 0 aromatic carbocycles. The maximum atomic E-state index is 11.5. The molecule has 0 heterocycles. The van der Waals surface area contributed by atoms with Crippen LogP contribution in [0, 0.1) is 5.41 Å². The van der Waals surface area contributed by atoms with Crippen LogP contribution in [0.25, 0.3) is 0 Å². The Hall–Kier alpha value is -0.410. The minimum atomic E-state index is -0.233. The van der Waals surface area contributed by atoms with Gasteiger partial charge < -0.3 is 9.47 Å². The van der Waals surface area contributed by atoms with Crippen molar-refractivity contribution in [2.24, 2.45) is 5.41 Å². The van der Waals surface area contributed by atoms with Crippen LogP contribution >= 0.6 is 0 Å². The van der Waals surface area contributed by atoms with Crippen LogP contribution in [-0.2, 0) is 14.3 Å². The Balaban J connectivity index is 2.08. The zero-order valence-electron chi connectivity index (χ0n) is 10.8. The molecule has 0 aromatic heterocycles. The van der Waals surface area contributed by atoms with Crippen molar-refractivity contribution < 1.29 is 14.3 Å². The first-order valence-electron chi connectivity index (χ1n) is 6.37. The lowest BCUT2D eigenvalue weighted by atomic mass is 9.64. The van der Waals surface area contributed by atoms with E-state index in [4.69, 9.17) is 9.47 Å². The minimum Gasteiger partial charge on any atom is -0.379 e. The number of unbranched alkanes of at least 4 members (excludes halogenated alkanes) is 1. The highest BCUT2D eigenvalue weighted by molar-refractivity contribution is 5.91. The highest BCUT2D eigenvalue weighted by Crippen LogP contribution is 2.42. The van der Waals surface area contributed by atoms with Gasteiger partial charge in [-0.25, -0.2) is 0 Å². The zero-order chi connectivity index (χ0) is 12.0. The molecule has 1 fully saturated rings. The molecule has 16 heavy (non-hydrogen) atoms. The highest BCUT2D eigenvalue weighted by atomic mass is 16.5. The molecule has 2 atom stereocenters. The molecule has 1 saturated carbocycles. The van der Waals surface area contributed by atoms with Crippen LogP contribution in [0.1, 0.15) is 46.5 Å². The topological polar surface area (TPSA) is 35.5 Å². The van der Waals surface area contributed by atoms with E-state index in [-0.39, 0.29) is 11.5 Å². The van der Waals surface area contributed by atoms with Crippen molar-refractivity contribution in [2.45, 2.75) is 52.6 Å². The van der Waals surface area contributed by atoms with Crippen molar-refractivity contribution in [3.63, 3.8) is 0 Å². The largest absolute Gasteiger partial charge is 0.379 e. The van der Waals surface area contributed by atoms with Gasteiger partial charge in [-0.2, -0.15) is 0 Å². The Kier molecular flexibility index (Phi) is 5.42. The van der Waals surface area contributed by atoms with Crippen molar-refractivity contribution in [3.05, 3.63) is 0 Å². The van der Waals surface area contributed by atoms with Crippen LogP contribution < -0.4 is 0 Å². The molecule has 3 heteroatoms. The third-order valence-corrected chi connectivity index (χ3v) is 3.64. The summed E-state index contributed by atoms with van der Waals surface area (Å²) < 4.78 is 11.1. The van der Waals surface area contributed by atoms with Gasteiger partial charge in [-0.3, -0.25) is 4.79 Å². The molecule has 0 aromatic rings. The molecule has 1 rings (SSSR count). The van der Waals surface area contributed by atoms with Gasteiger partial charge in [0.15, 0.2) is 0 Å². The first-order valence-corrected chi connectivity index (χ1v) is 6.37. The molecule has 0 spiro atoms. The maximum absolute atomic E-state index is 11.5. The van der Waals surface area contributed by atoms with Gasteiger partial charge in [0.1, 0.15) is 5.78 Å². The molecule has 2 unspecified atom stereocenters. The van der Waals surface area contributed by atoms with Crippen LogP contribution in [0.2, 0.25) is 0 Å². The summed E-state index contributed by atoms with van der Waals surface area (Å²) in [6.45, 7) is 8.26. The van der Waals surface area contributed by atoms with E-state index >= 15 is 0 Å². The van der Waals surface area contributed by atoms with Gasteiger partial charge in [-0.15, -0.1) is 0 Å². The number of ether oxygens (including phenoxy) is 2. The lowest BCUT2D eigenvalue weighted by Gasteiger charge is -2.44. The van der Waals surface area contributed by atoms with E-state index in [1.54, 1.807) is 0 Å². The zero-order valence-corrected chi connectivity index (χ0v) is 10.8. The maximum Gasteiger partial charge on any atom is 0.143 e. The summed E-state index contributed by atoms with van der Waals surface area (Å²) in [5.41, 5.74) is -0.233. The van der Waals surface area contributed by atoms with E-state index in [1.165, 1.54) is 0 Å². The second-order valence-electron chi connectivity index (χ2n) is 4.72. The molecule has 0 saturated heterocycles. The molecular weight excluding hydrogens is 204 g/mol. The fraction of sp³-hybridized carbons (Fsp3) is 0.923. The predicted octanol–water partition coefficient (Wildman–Crippen LogP) is 2.58. The number of carbonyl (C=O) groups excluding carboxylic acids is 1. The average Bonchev–Trinajstić information content (AvgIpc) is 2.31. The summed E-state index contributed by atoms with van der Waals surface area (Å²) in [5.74, 6) is 0.340. The van der Waals surface area contributed by atoms with Crippen molar-refractivity contribution in [1.82, 2.24) is 0 Å². The third-order valence-electron chi connectivity index (χ3n) is 3.64. The van der Waals surface area contributed by atoms with Crippen molar-refractivity contribution in [3.8, 4) is 0 Å². The SMILES string of the molecule is CCCCOCCOC1CC(=O)C1(C)CC. The van der Waals surface area contributed by atoms with E-state index in [0.29, 0.717) is 25.4 Å². The second-order valence-corrected chi connectivity index (χ2v) is 4.72. The minimum absolute atomic E-state index is 0.111. The van der Waals surface area contributed by atoms with Gasteiger partial charge in [-0.05, 0) is 12.8 Å². The Morgan fingerprint density at radius 2 is 2.06 bits per heavy atom. The van der Waals surface area contributed by atoms with E-state index in [1.807, 2.05) is 13.8 Å². The fourth-order valence-corrected chi connectivity index (χ4v) is 1.94. The van der Waals surface area contributed by atoms with E-state index < -0.39 is 0 Å². The van der Waals surface area contributed by atoms with E-state index in [0.717, 1.165) is 25.9 Å². The Bertz CT molecular complexity index is 227. The number of ketones is 1. The first-order chi connectivity index (χ1) is 7.65. The van der Waals surface area contributed by atoms with Gasteiger partial charge in [0.05, 0.1) is 24.7 Å². The molecular formula is C13H24O3. The molecule has 1 aliphatic carbocycles. The van der Waals surface area contributed by atoms with Gasteiger partial charge in [-0.1, -0.05) is 27.2 Å². The summed E-state index contributed by atoms with van der Waals surface area (Å²) >= 11 is 0. The van der Waals surface area contributed by atoms with Crippen LogP contribution in [0.15, 0.2) is 0 Å². The second kappa shape index (κ2) is 6.36. The predicted molar refractivity (Wildman–Crippen MR) is 63.5 cm³/mol. The monoisotopic (exact) mass is 228 g/mol. The third kappa shape index (κ3) is 3.05. The molecule has 1 aliphatic rings. The lowest BCUT2D eigenvalue weighted by molar-refractivity contribution is -0.163. The molecule has 0 radical (unpaired) electrons. The lowest BCUT2D eigenvalue weighted by Crippen LogP contribution is -2.53. The van der Waals surface area contributed by atoms with Crippen molar-refractivity contribution >= 4 is 5.78 Å².